The molecule has 2 N–H and O–H groups in total. The van der Waals surface area contributed by atoms with Crippen molar-refractivity contribution in [3.8, 4) is 0 Å². The number of hydrogen-bond acceptors (Lipinski definition) is 2. The van der Waals surface area contributed by atoms with Crippen LogP contribution in [-0.4, -0.2) is 24.5 Å². The predicted molar refractivity (Wildman–Crippen MR) is 62.8 cm³/mol. The van der Waals surface area contributed by atoms with E-state index in [-0.39, 0.29) is 5.91 Å². The van der Waals surface area contributed by atoms with Crippen LogP contribution in [0.5, 0.6) is 0 Å². The lowest BCUT2D eigenvalue weighted by atomic mass is 10.1. The molecule has 1 fully saturated rings. The molecule has 0 unspecified atom stereocenters. The minimum absolute atomic E-state index is 0.149. The monoisotopic (exact) mass is 212 g/mol. The molecule has 0 aliphatic heterocycles. The van der Waals surface area contributed by atoms with E-state index in [1.54, 1.807) is 0 Å². The third-order valence-electron chi connectivity index (χ3n) is 2.89. The van der Waals surface area contributed by atoms with E-state index in [1.807, 2.05) is 0 Å². The maximum absolute atomic E-state index is 11.6. The predicted octanol–water partition coefficient (Wildman–Crippen LogP) is 1.82. The Kier molecular flexibility index (Phi) is 5.69. The first kappa shape index (κ1) is 12.5. The Labute approximate surface area is 93.0 Å². The van der Waals surface area contributed by atoms with Gasteiger partial charge in [-0.1, -0.05) is 39.5 Å². The molecule has 0 aromatic heterocycles. The lowest BCUT2D eigenvalue weighted by molar-refractivity contribution is -0.121. The van der Waals surface area contributed by atoms with Crippen molar-refractivity contribution in [2.24, 2.45) is 0 Å². The Morgan fingerprint density at radius 1 is 1.20 bits per heavy atom. The van der Waals surface area contributed by atoms with Gasteiger partial charge in [0.1, 0.15) is 0 Å². The van der Waals surface area contributed by atoms with Gasteiger partial charge in [-0.3, -0.25) is 4.79 Å². The van der Waals surface area contributed by atoms with Gasteiger partial charge < -0.3 is 10.6 Å². The number of rotatable bonds is 4. The molecule has 1 amide bonds. The Morgan fingerprint density at radius 2 is 1.80 bits per heavy atom. The molecule has 3 heteroatoms. The van der Waals surface area contributed by atoms with Gasteiger partial charge in [-0.05, 0) is 12.8 Å². The van der Waals surface area contributed by atoms with Crippen molar-refractivity contribution < 1.29 is 4.79 Å². The first-order chi connectivity index (χ1) is 7.18. The van der Waals surface area contributed by atoms with Crippen molar-refractivity contribution in [3.63, 3.8) is 0 Å². The molecule has 1 saturated carbocycles. The van der Waals surface area contributed by atoms with Crippen LogP contribution in [0.3, 0.4) is 0 Å². The number of hydrogen-bond donors (Lipinski definition) is 2. The molecule has 0 saturated heterocycles. The van der Waals surface area contributed by atoms with Crippen molar-refractivity contribution in [1.29, 1.82) is 0 Å². The van der Waals surface area contributed by atoms with Gasteiger partial charge in [-0.15, -0.1) is 0 Å². The van der Waals surface area contributed by atoms with Crippen LogP contribution in [0.4, 0.5) is 0 Å². The minimum atomic E-state index is 0.149. The van der Waals surface area contributed by atoms with E-state index in [2.05, 4.69) is 24.5 Å². The second kappa shape index (κ2) is 6.83. The summed E-state index contributed by atoms with van der Waals surface area (Å²) in [4.78, 5) is 11.6. The number of carbonyl (C=O) groups excluding carboxylic acids is 1. The molecule has 0 aromatic carbocycles. The first-order valence-electron chi connectivity index (χ1n) is 6.21. The fraction of sp³-hybridized carbons (Fsp3) is 0.917. The standard InChI is InChI=1S/C12H24N2O/c1-10(2)13-9-12(15)14-11-7-5-3-4-6-8-11/h10-11,13H,3-9H2,1-2H3,(H,14,15). The van der Waals surface area contributed by atoms with Crippen molar-refractivity contribution in [2.75, 3.05) is 6.54 Å². The molecular weight excluding hydrogens is 188 g/mol. The van der Waals surface area contributed by atoms with Crippen molar-refractivity contribution >= 4 is 5.91 Å². The topological polar surface area (TPSA) is 41.1 Å². The highest BCUT2D eigenvalue weighted by atomic mass is 16.1. The Morgan fingerprint density at radius 3 is 2.33 bits per heavy atom. The van der Waals surface area contributed by atoms with Gasteiger partial charge in [-0.25, -0.2) is 0 Å². The summed E-state index contributed by atoms with van der Waals surface area (Å²) in [6, 6.07) is 0.804. The Bertz CT molecular complexity index is 184. The summed E-state index contributed by atoms with van der Waals surface area (Å²) in [5.74, 6) is 0.149. The van der Waals surface area contributed by atoms with Crippen molar-refractivity contribution in [1.82, 2.24) is 10.6 Å². The molecule has 1 aliphatic rings. The lowest BCUT2D eigenvalue weighted by Crippen LogP contribution is -2.41. The number of carbonyl (C=O) groups is 1. The molecule has 3 nitrogen and oxygen atoms in total. The Hall–Kier alpha value is -0.570. The van der Waals surface area contributed by atoms with Crippen LogP contribution >= 0.6 is 0 Å². The molecule has 0 bridgehead atoms. The molecule has 1 aliphatic carbocycles. The largest absolute Gasteiger partial charge is 0.352 e. The highest BCUT2D eigenvalue weighted by Gasteiger charge is 2.14. The molecule has 0 atom stereocenters. The van der Waals surface area contributed by atoms with Gasteiger partial charge in [0.15, 0.2) is 0 Å². The summed E-state index contributed by atoms with van der Waals surface area (Å²) in [6.07, 6.45) is 7.51. The summed E-state index contributed by atoms with van der Waals surface area (Å²) in [7, 11) is 0. The van der Waals surface area contributed by atoms with Crippen LogP contribution < -0.4 is 10.6 Å². The second-order valence-electron chi connectivity index (χ2n) is 4.79. The van der Waals surface area contributed by atoms with E-state index in [9.17, 15) is 4.79 Å². The fourth-order valence-corrected chi connectivity index (χ4v) is 2.00. The number of nitrogens with one attached hydrogen (secondary N) is 2. The van der Waals surface area contributed by atoms with Gasteiger partial charge in [-0.2, -0.15) is 0 Å². The molecule has 0 aromatic rings. The fourth-order valence-electron chi connectivity index (χ4n) is 2.00. The molecule has 88 valence electrons. The molecule has 0 spiro atoms. The average molecular weight is 212 g/mol. The molecular formula is C12H24N2O. The summed E-state index contributed by atoms with van der Waals surface area (Å²) in [5, 5.41) is 6.25. The van der Waals surface area contributed by atoms with Gasteiger partial charge >= 0.3 is 0 Å². The zero-order valence-corrected chi connectivity index (χ0v) is 10.0. The van der Waals surface area contributed by atoms with Gasteiger partial charge in [0.05, 0.1) is 6.54 Å². The quantitative estimate of drug-likeness (QED) is 0.698. The van der Waals surface area contributed by atoms with E-state index in [0.717, 1.165) is 12.8 Å². The third kappa shape index (κ3) is 5.78. The van der Waals surface area contributed by atoms with E-state index in [4.69, 9.17) is 0 Å². The second-order valence-corrected chi connectivity index (χ2v) is 4.79. The van der Waals surface area contributed by atoms with Crippen LogP contribution in [0.15, 0.2) is 0 Å². The normalized spacial score (nSPS) is 18.9. The maximum atomic E-state index is 11.6. The van der Waals surface area contributed by atoms with Gasteiger partial charge in [0, 0.05) is 12.1 Å². The Balaban J connectivity index is 2.17. The lowest BCUT2D eigenvalue weighted by Gasteiger charge is -2.17. The summed E-state index contributed by atoms with van der Waals surface area (Å²) in [6.45, 7) is 4.56. The van der Waals surface area contributed by atoms with Crippen LogP contribution in [-0.2, 0) is 4.79 Å². The van der Waals surface area contributed by atoms with Crippen molar-refractivity contribution in [2.45, 2.75) is 64.5 Å². The SMILES string of the molecule is CC(C)NCC(=O)NC1CCCCCC1. The molecule has 1 rings (SSSR count). The van der Waals surface area contributed by atoms with Crippen LogP contribution in [0.25, 0.3) is 0 Å². The van der Waals surface area contributed by atoms with Gasteiger partial charge in [0.25, 0.3) is 0 Å². The highest BCUT2D eigenvalue weighted by molar-refractivity contribution is 5.78. The van der Waals surface area contributed by atoms with E-state index < -0.39 is 0 Å². The zero-order chi connectivity index (χ0) is 11.1. The van der Waals surface area contributed by atoms with E-state index >= 15 is 0 Å². The van der Waals surface area contributed by atoms with E-state index in [0.29, 0.717) is 18.6 Å². The van der Waals surface area contributed by atoms with Crippen LogP contribution in [0, 0.1) is 0 Å². The maximum Gasteiger partial charge on any atom is 0.234 e. The number of amides is 1. The third-order valence-corrected chi connectivity index (χ3v) is 2.89. The van der Waals surface area contributed by atoms with E-state index in [1.165, 1.54) is 25.7 Å². The van der Waals surface area contributed by atoms with Gasteiger partial charge in [0.2, 0.25) is 5.91 Å². The van der Waals surface area contributed by atoms with Crippen LogP contribution in [0.1, 0.15) is 52.4 Å². The minimum Gasteiger partial charge on any atom is -0.352 e. The molecule has 0 radical (unpaired) electrons. The van der Waals surface area contributed by atoms with Crippen molar-refractivity contribution in [3.05, 3.63) is 0 Å². The average Bonchev–Trinajstić information content (AvgIpc) is 2.43. The molecule has 0 heterocycles. The zero-order valence-electron chi connectivity index (χ0n) is 10.0. The summed E-state index contributed by atoms with van der Waals surface area (Å²) >= 11 is 0. The van der Waals surface area contributed by atoms with Crippen LogP contribution in [0.2, 0.25) is 0 Å². The summed E-state index contributed by atoms with van der Waals surface area (Å²) in [5.41, 5.74) is 0. The summed E-state index contributed by atoms with van der Waals surface area (Å²) < 4.78 is 0. The first-order valence-corrected chi connectivity index (χ1v) is 6.21. The highest BCUT2D eigenvalue weighted by Crippen LogP contribution is 2.16. The smallest absolute Gasteiger partial charge is 0.234 e. The molecule has 15 heavy (non-hydrogen) atoms.